The molecule has 0 saturated heterocycles. The summed E-state index contributed by atoms with van der Waals surface area (Å²) in [4.78, 5) is 0. The number of ether oxygens (including phenoxy) is 1. The van der Waals surface area contributed by atoms with Gasteiger partial charge in [0.1, 0.15) is 12.4 Å². The number of hydrogen-bond acceptors (Lipinski definition) is 3. The lowest BCUT2D eigenvalue weighted by atomic mass is 10.3. The van der Waals surface area contributed by atoms with Crippen molar-refractivity contribution in [2.24, 2.45) is 0 Å². The highest BCUT2D eigenvalue weighted by molar-refractivity contribution is 5.45. The first-order chi connectivity index (χ1) is 6.36. The number of nitrogens with zero attached hydrogens (tertiary/aromatic N) is 1. The fourth-order valence-electron chi connectivity index (χ4n) is 0.932. The summed E-state index contributed by atoms with van der Waals surface area (Å²) in [6.07, 6.45) is 0.424. The first kappa shape index (κ1) is 9.40. The van der Waals surface area contributed by atoms with Gasteiger partial charge in [-0.1, -0.05) is 0 Å². The Balaban J connectivity index is 2.45. The van der Waals surface area contributed by atoms with E-state index in [-0.39, 0.29) is 0 Å². The highest BCUT2D eigenvalue weighted by Crippen LogP contribution is 2.14. The maximum Gasteiger partial charge on any atom is 0.119 e. The minimum atomic E-state index is 0.424. The lowest BCUT2D eigenvalue weighted by Gasteiger charge is -2.04. The third-order valence-electron chi connectivity index (χ3n) is 1.63. The standard InChI is InChI=1S/C10H12N2O/c1-12-9-3-5-10(6-4-9)13-8-2-7-11/h3-6,12H,2,8H2,1H3. The second kappa shape index (κ2) is 5.04. The largest absolute Gasteiger partial charge is 0.493 e. The highest BCUT2D eigenvalue weighted by Gasteiger charge is 1.92. The Hall–Kier alpha value is -1.69. The van der Waals surface area contributed by atoms with E-state index in [1.54, 1.807) is 0 Å². The summed E-state index contributed by atoms with van der Waals surface area (Å²) in [5.41, 5.74) is 1.05. The quantitative estimate of drug-likeness (QED) is 0.714. The molecule has 0 heterocycles. The molecule has 0 unspecified atom stereocenters. The van der Waals surface area contributed by atoms with Gasteiger partial charge in [-0.25, -0.2) is 0 Å². The van der Waals surface area contributed by atoms with E-state index in [1.165, 1.54) is 0 Å². The van der Waals surface area contributed by atoms with E-state index in [0.717, 1.165) is 11.4 Å². The molecule has 1 N–H and O–H groups in total. The molecule has 0 aliphatic carbocycles. The predicted molar refractivity (Wildman–Crippen MR) is 51.7 cm³/mol. The molecule has 0 fully saturated rings. The zero-order chi connectivity index (χ0) is 9.52. The van der Waals surface area contributed by atoms with Gasteiger partial charge in [0.25, 0.3) is 0 Å². The summed E-state index contributed by atoms with van der Waals surface area (Å²) in [6, 6.07) is 9.64. The van der Waals surface area contributed by atoms with Crippen LogP contribution in [0.2, 0.25) is 0 Å². The monoisotopic (exact) mass is 176 g/mol. The van der Waals surface area contributed by atoms with Crippen molar-refractivity contribution in [1.29, 1.82) is 5.26 Å². The van der Waals surface area contributed by atoms with Gasteiger partial charge in [-0.2, -0.15) is 5.26 Å². The first-order valence-corrected chi connectivity index (χ1v) is 4.14. The molecule has 0 saturated carbocycles. The summed E-state index contributed by atoms with van der Waals surface area (Å²) in [5, 5.41) is 11.3. The van der Waals surface area contributed by atoms with Crippen molar-refractivity contribution < 1.29 is 4.74 Å². The Kier molecular flexibility index (Phi) is 3.65. The Morgan fingerprint density at radius 3 is 2.62 bits per heavy atom. The van der Waals surface area contributed by atoms with E-state index in [4.69, 9.17) is 10.00 Å². The first-order valence-electron chi connectivity index (χ1n) is 4.14. The Morgan fingerprint density at radius 2 is 2.08 bits per heavy atom. The molecule has 0 aliphatic heterocycles. The smallest absolute Gasteiger partial charge is 0.119 e. The van der Waals surface area contributed by atoms with Crippen molar-refractivity contribution in [3.8, 4) is 11.8 Å². The van der Waals surface area contributed by atoms with Gasteiger partial charge < -0.3 is 10.1 Å². The Morgan fingerprint density at radius 1 is 1.38 bits per heavy atom. The van der Waals surface area contributed by atoms with Crippen LogP contribution >= 0.6 is 0 Å². The van der Waals surface area contributed by atoms with Crippen molar-refractivity contribution in [3.05, 3.63) is 24.3 Å². The normalized spacial score (nSPS) is 8.92. The van der Waals surface area contributed by atoms with Gasteiger partial charge in [0.05, 0.1) is 12.5 Å². The number of benzene rings is 1. The summed E-state index contributed by atoms with van der Waals surface area (Å²) >= 11 is 0. The molecule has 1 aromatic rings. The van der Waals surface area contributed by atoms with Crippen molar-refractivity contribution in [2.75, 3.05) is 19.0 Å². The molecule has 68 valence electrons. The van der Waals surface area contributed by atoms with E-state index in [9.17, 15) is 0 Å². The summed E-state index contributed by atoms with van der Waals surface area (Å²) in [5.74, 6) is 0.800. The minimum Gasteiger partial charge on any atom is -0.493 e. The number of rotatable bonds is 4. The van der Waals surface area contributed by atoms with Crippen LogP contribution < -0.4 is 10.1 Å². The van der Waals surface area contributed by atoms with Crippen LogP contribution in [-0.2, 0) is 0 Å². The average Bonchev–Trinajstić information content (AvgIpc) is 2.19. The van der Waals surface area contributed by atoms with E-state index in [0.29, 0.717) is 13.0 Å². The van der Waals surface area contributed by atoms with Crippen LogP contribution in [0.3, 0.4) is 0 Å². The van der Waals surface area contributed by atoms with Crippen molar-refractivity contribution in [2.45, 2.75) is 6.42 Å². The summed E-state index contributed by atoms with van der Waals surface area (Å²) < 4.78 is 5.30. The molecule has 3 heteroatoms. The second-order valence-electron chi connectivity index (χ2n) is 2.53. The summed E-state index contributed by atoms with van der Waals surface area (Å²) in [7, 11) is 1.87. The molecule has 1 aromatic carbocycles. The number of anilines is 1. The van der Waals surface area contributed by atoms with Gasteiger partial charge in [0, 0.05) is 12.7 Å². The van der Waals surface area contributed by atoms with Crippen LogP contribution in [0.4, 0.5) is 5.69 Å². The second-order valence-corrected chi connectivity index (χ2v) is 2.53. The molecule has 0 radical (unpaired) electrons. The topological polar surface area (TPSA) is 45.0 Å². The minimum absolute atomic E-state index is 0.424. The van der Waals surface area contributed by atoms with Gasteiger partial charge in [-0.3, -0.25) is 0 Å². The number of hydrogen-bond donors (Lipinski definition) is 1. The third kappa shape index (κ3) is 3.04. The Bertz CT molecular complexity index is 287. The lowest BCUT2D eigenvalue weighted by molar-refractivity contribution is 0.326. The lowest BCUT2D eigenvalue weighted by Crippen LogP contribution is -1.95. The van der Waals surface area contributed by atoms with Crippen LogP contribution in [0, 0.1) is 11.3 Å². The molecule has 0 atom stereocenters. The molecular formula is C10H12N2O. The van der Waals surface area contributed by atoms with Crippen LogP contribution in [-0.4, -0.2) is 13.7 Å². The van der Waals surface area contributed by atoms with Crippen LogP contribution in [0.1, 0.15) is 6.42 Å². The molecule has 13 heavy (non-hydrogen) atoms. The maximum absolute atomic E-state index is 8.29. The maximum atomic E-state index is 8.29. The summed E-state index contributed by atoms with van der Waals surface area (Å²) in [6.45, 7) is 0.454. The van der Waals surface area contributed by atoms with Crippen molar-refractivity contribution >= 4 is 5.69 Å². The zero-order valence-corrected chi connectivity index (χ0v) is 7.58. The van der Waals surface area contributed by atoms with Gasteiger partial charge in [-0.15, -0.1) is 0 Å². The van der Waals surface area contributed by atoms with Gasteiger partial charge in [-0.05, 0) is 24.3 Å². The third-order valence-corrected chi connectivity index (χ3v) is 1.63. The van der Waals surface area contributed by atoms with Gasteiger partial charge >= 0.3 is 0 Å². The van der Waals surface area contributed by atoms with E-state index >= 15 is 0 Å². The van der Waals surface area contributed by atoms with E-state index < -0.39 is 0 Å². The fourth-order valence-corrected chi connectivity index (χ4v) is 0.932. The molecular weight excluding hydrogens is 164 g/mol. The molecule has 0 amide bonds. The van der Waals surface area contributed by atoms with Gasteiger partial charge in [0.2, 0.25) is 0 Å². The molecule has 3 nitrogen and oxygen atoms in total. The van der Waals surface area contributed by atoms with E-state index in [1.807, 2.05) is 37.4 Å². The molecule has 0 aromatic heterocycles. The van der Waals surface area contributed by atoms with Crippen molar-refractivity contribution in [3.63, 3.8) is 0 Å². The number of nitrogens with one attached hydrogen (secondary N) is 1. The van der Waals surface area contributed by atoms with Crippen LogP contribution in [0.5, 0.6) is 5.75 Å². The molecule has 0 spiro atoms. The highest BCUT2D eigenvalue weighted by atomic mass is 16.5. The zero-order valence-electron chi connectivity index (χ0n) is 7.58. The van der Waals surface area contributed by atoms with Crippen LogP contribution in [0.15, 0.2) is 24.3 Å². The molecule has 0 aliphatic rings. The average molecular weight is 176 g/mol. The molecule has 1 rings (SSSR count). The fraction of sp³-hybridized carbons (Fsp3) is 0.300. The van der Waals surface area contributed by atoms with E-state index in [2.05, 4.69) is 5.32 Å². The van der Waals surface area contributed by atoms with Crippen molar-refractivity contribution in [1.82, 2.24) is 0 Å². The SMILES string of the molecule is CNc1ccc(OCCC#N)cc1. The number of nitriles is 1. The predicted octanol–water partition coefficient (Wildman–Crippen LogP) is 2.02. The molecule has 0 bridgehead atoms. The Labute approximate surface area is 77.9 Å². The van der Waals surface area contributed by atoms with Crippen LogP contribution in [0.25, 0.3) is 0 Å². The van der Waals surface area contributed by atoms with Gasteiger partial charge in [0.15, 0.2) is 0 Å².